The number of thiazole rings is 1. The monoisotopic (exact) mass is 300 g/mol. The summed E-state index contributed by atoms with van der Waals surface area (Å²) < 4.78 is 1.42. The van der Waals surface area contributed by atoms with Crippen molar-refractivity contribution in [1.29, 1.82) is 0 Å². The molecule has 0 aliphatic carbocycles. The van der Waals surface area contributed by atoms with Gasteiger partial charge in [-0.25, -0.2) is 14.9 Å². The average Bonchev–Trinajstić information content (AvgIpc) is 2.92. The second-order valence-electron chi connectivity index (χ2n) is 3.85. The van der Waals surface area contributed by atoms with Gasteiger partial charge in [0.2, 0.25) is 0 Å². The van der Waals surface area contributed by atoms with Gasteiger partial charge < -0.3 is 5.11 Å². The van der Waals surface area contributed by atoms with E-state index < -0.39 is 5.97 Å². The summed E-state index contributed by atoms with van der Waals surface area (Å²) in [6, 6.07) is -0.277. The Hall–Kier alpha value is -1.61. The van der Waals surface area contributed by atoms with E-state index in [-0.39, 0.29) is 17.5 Å². The summed E-state index contributed by atoms with van der Waals surface area (Å²) in [6.45, 7) is 3.77. The summed E-state index contributed by atoms with van der Waals surface area (Å²) in [4.78, 5) is 27.6. The molecule has 0 aliphatic heterocycles. The van der Waals surface area contributed by atoms with Gasteiger partial charge in [-0.05, 0) is 13.8 Å². The Kier molecular flexibility index (Phi) is 4.05. The van der Waals surface area contributed by atoms with Gasteiger partial charge in [0.25, 0.3) is 0 Å². The van der Waals surface area contributed by atoms with Crippen molar-refractivity contribution in [3.05, 3.63) is 26.6 Å². The number of hydrogen-bond acceptors (Lipinski definition) is 6. The molecule has 2 aromatic heterocycles. The number of carboxylic acid groups (broad SMARTS) is 1. The maximum atomic E-state index is 11.8. The fourth-order valence-electron chi connectivity index (χ4n) is 1.54. The summed E-state index contributed by atoms with van der Waals surface area (Å²) in [5.41, 5.74) is -0.367. The third-order valence-corrected chi connectivity index (χ3v) is 4.40. The number of aliphatic carboxylic acids is 1. The fraction of sp³-hybridized carbons (Fsp3) is 0.400. The van der Waals surface area contributed by atoms with Gasteiger partial charge in [-0.2, -0.15) is 0 Å². The predicted octanol–water partition coefficient (Wildman–Crippen LogP) is 1.12. The number of aromatic amines is 1. The van der Waals surface area contributed by atoms with E-state index in [1.54, 1.807) is 6.20 Å². The standard InChI is InChI=1S/C10H12N4O3S2/c1-5-3-11-8(19-5)6(2)14-9(17)12-13-10(14)18-4-7(15)16/h3,6H,4H2,1-2H3,(H,12,17)(H,15,16). The lowest BCUT2D eigenvalue weighted by Crippen LogP contribution is -2.22. The Bertz CT molecular complexity index is 645. The number of nitrogens with one attached hydrogen (secondary N) is 1. The van der Waals surface area contributed by atoms with Gasteiger partial charge in [-0.3, -0.25) is 9.36 Å². The van der Waals surface area contributed by atoms with Crippen molar-refractivity contribution in [3.8, 4) is 0 Å². The van der Waals surface area contributed by atoms with Gasteiger partial charge in [-0.15, -0.1) is 16.4 Å². The SMILES string of the molecule is Cc1cnc(C(C)n2c(SCC(=O)O)n[nH]c2=O)s1. The highest BCUT2D eigenvalue weighted by molar-refractivity contribution is 7.99. The summed E-state index contributed by atoms with van der Waals surface area (Å²) in [6.07, 6.45) is 1.74. The van der Waals surface area contributed by atoms with Gasteiger partial charge in [0, 0.05) is 11.1 Å². The molecule has 0 fully saturated rings. The van der Waals surface area contributed by atoms with Crippen LogP contribution in [0, 0.1) is 6.92 Å². The summed E-state index contributed by atoms with van der Waals surface area (Å²) in [7, 11) is 0. The molecule has 2 rings (SSSR count). The van der Waals surface area contributed by atoms with Crippen LogP contribution in [0.2, 0.25) is 0 Å². The lowest BCUT2D eigenvalue weighted by atomic mass is 10.3. The van der Waals surface area contributed by atoms with E-state index in [9.17, 15) is 9.59 Å². The van der Waals surface area contributed by atoms with Crippen molar-refractivity contribution < 1.29 is 9.90 Å². The van der Waals surface area contributed by atoms with Crippen LogP contribution in [0.5, 0.6) is 0 Å². The Labute approximate surface area is 116 Å². The van der Waals surface area contributed by atoms with Crippen LogP contribution in [-0.4, -0.2) is 36.6 Å². The molecule has 9 heteroatoms. The predicted molar refractivity (Wildman–Crippen MR) is 71.9 cm³/mol. The fourth-order valence-corrected chi connectivity index (χ4v) is 3.10. The smallest absolute Gasteiger partial charge is 0.344 e. The van der Waals surface area contributed by atoms with Crippen molar-refractivity contribution >= 4 is 29.1 Å². The van der Waals surface area contributed by atoms with Gasteiger partial charge in [0.15, 0.2) is 5.16 Å². The molecule has 1 unspecified atom stereocenters. The molecule has 0 spiro atoms. The van der Waals surface area contributed by atoms with E-state index in [4.69, 9.17) is 5.11 Å². The Morgan fingerprint density at radius 2 is 2.42 bits per heavy atom. The van der Waals surface area contributed by atoms with Crippen molar-refractivity contribution in [1.82, 2.24) is 19.7 Å². The van der Waals surface area contributed by atoms with Crippen LogP contribution in [0.25, 0.3) is 0 Å². The zero-order chi connectivity index (χ0) is 14.0. The minimum Gasteiger partial charge on any atom is -0.481 e. The Morgan fingerprint density at radius 1 is 1.68 bits per heavy atom. The molecule has 2 N–H and O–H groups in total. The van der Waals surface area contributed by atoms with Gasteiger partial charge in [-0.1, -0.05) is 11.8 Å². The van der Waals surface area contributed by atoms with Crippen LogP contribution in [0.15, 0.2) is 16.1 Å². The van der Waals surface area contributed by atoms with Crippen molar-refractivity contribution in [2.75, 3.05) is 5.75 Å². The molecule has 0 bridgehead atoms. The lowest BCUT2D eigenvalue weighted by Gasteiger charge is -2.10. The third-order valence-electron chi connectivity index (χ3n) is 2.38. The number of hydrogen-bond donors (Lipinski definition) is 2. The number of rotatable bonds is 5. The van der Waals surface area contributed by atoms with Crippen molar-refractivity contribution in [2.24, 2.45) is 0 Å². The lowest BCUT2D eigenvalue weighted by molar-refractivity contribution is -0.133. The second kappa shape index (κ2) is 5.57. The number of aromatic nitrogens is 4. The molecule has 1 atom stereocenters. The number of nitrogens with zero attached hydrogens (tertiary/aromatic N) is 3. The average molecular weight is 300 g/mol. The van der Waals surface area contributed by atoms with Crippen LogP contribution in [-0.2, 0) is 4.79 Å². The maximum Gasteiger partial charge on any atom is 0.344 e. The van der Waals surface area contributed by atoms with Crippen molar-refractivity contribution in [2.45, 2.75) is 25.0 Å². The number of H-pyrrole nitrogens is 1. The largest absolute Gasteiger partial charge is 0.481 e. The highest BCUT2D eigenvalue weighted by Gasteiger charge is 2.19. The quantitative estimate of drug-likeness (QED) is 0.803. The molecule has 0 amide bonds. The van der Waals surface area contributed by atoms with Crippen LogP contribution < -0.4 is 5.69 Å². The number of aryl methyl sites for hydroxylation is 1. The maximum absolute atomic E-state index is 11.8. The first-order chi connectivity index (χ1) is 8.99. The Morgan fingerprint density at radius 3 is 3.00 bits per heavy atom. The van der Waals surface area contributed by atoms with E-state index in [0.29, 0.717) is 5.16 Å². The summed E-state index contributed by atoms with van der Waals surface area (Å²) in [5.74, 6) is -1.10. The molecule has 0 saturated carbocycles. The molecule has 0 saturated heterocycles. The first kappa shape index (κ1) is 13.8. The first-order valence-corrected chi connectivity index (χ1v) is 7.23. The molecule has 2 heterocycles. The van der Waals surface area contributed by atoms with Gasteiger partial charge in [0.1, 0.15) is 5.01 Å². The van der Waals surface area contributed by atoms with Crippen LogP contribution in [0.3, 0.4) is 0 Å². The van der Waals surface area contributed by atoms with E-state index in [0.717, 1.165) is 21.6 Å². The summed E-state index contributed by atoms with van der Waals surface area (Å²) >= 11 is 2.50. The minimum atomic E-state index is -0.954. The van der Waals surface area contributed by atoms with E-state index in [2.05, 4.69) is 15.2 Å². The number of thioether (sulfide) groups is 1. The molecular weight excluding hydrogens is 288 g/mol. The molecule has 0 radical (unpaired) electrons. The minimum absolute atomic E-state index is 0.145. The molecule has 7 nitrogen and oxygen atoms in total. The van der Waals surface area contributed by atoms with Crippen molar-refractivity contribution in [3.63, 3.8) is 0 Å². The summed E-state index contributed by atoms with van der Waals surface area (Å²) in [5, 5.41) is 16.0. The van der Waals surface area contributed by atoms with Gasteiger partial charge >= 0.3 is 11.7 Å². The molecule has 2 aromatic rings. The third kappa shape index (κ3) is 3.04. The van der Waals surface area contributed by atoms with Crippen LogP contribution >= 0.6 is 23.1 Å². The van der Waals surface area contributed by atoms with E-state index in [1.807, 2.05) is 13.8 Å². The normalized spacial score (nSPS) is 12.5. The van der Waals surface area contributed by atoms with Gasteiger partial charge in [0.05, 0.1) is 11.8 Å². The molecule has 19 heavy (non-hydrogen) atoms. The second-order valence-corrected chi connectivity index (χ2v) is 6.06. The molecule has 102 valence electrons. The Balaban J connectivity index is 2.30. The number of carbonyl (C=O) groups is 1. The van der Waals surface area contributed by atoms with E-state index >= 15 is 0 Å². The van der Waals surface area contributed by atoms with Crippen LogP contribution in [0.4, 0.5) is 0 Å². The zero-order valence-corrected chi connectivity index (χ0v) is 11.9. The highest BCUT2D eigenvalue weighted by atomic mass is 32.2. The molecule has 0 aliphatic rings. The molecule has 0 aromatic carbocycles. The first-order valence-electron chi connectivity index (χ1n) is 5.43. The van der Waals surface area contributed by atoms with Crippen LogP contribution in [0.1, 0.15) is 22.9 Å². The molecular formula is C10H12N4O3S2. The zero-order valence-electron chi connectivity index (χ0n) is 10.3. The van der Waals surface area contributed by atoms with E-state index in [1.165, 1.54) is 15.9 Å². The number of carboxylic acids is 1. The highest BCUT2D eigenvalue weighted by Crippen LogP contribution is 2.25. The topological polar surface area (TPSA) is 101 Å².